The van der Waals surface area contributed by atoms with Crippen LogP contribution in [0.5, 0.6) is 0 Å². The molecule has 1 amide bonds. The number of thioether (sulfide) groups is 2. The Kier molecular flexibility index (Phi) is 6.33. The van der Waals surface area contributed by atoms with Gasteiger partial charge in [-0.05, 0) is 24.6 Å². The predicted octanol–water partition coefficient (Wildman–Crippen LogP) is 3.27. The van der Waals surface area contributed by atoms with Crippen molar-refractivity contribution < 1.29 is 4.79 Å². The highest BCUT2D eigenvalue weighted by Gasteiger charge is 2.11. The fraction of sp³-hybridized carbons (Fsp3) is 0.400. The number of hydrogen-bond donors (Lipinski definition) is 2. The van der Waals surface area contributed by atoms with Crippen LogP contribution in [0.25, 0.3) is 0 Å². The van der Waals surface area contributed by atoms with Crippen molar-refractivity contribution in [3.8, 4) is 0 Å². The van der Waals surface area contributed by atoms with Crippen LogP contribution in [0.1, 0.15) is 32.4 Å². The van der Waals surface area contributed by atoms with Crippen LogP contribution in [0.15, 0.2) is 40.6 Å². The van der Waals surface area contributed by atoms with Gasteiger partial charge >= 0.3 is 0 Å². The quantitative estimate of drug-likeness (QED) is 0.759. The molecule has 1 heterocycles. The van der Waals surface area contributed by atoms with Gasteiger partial charge in [0.1, 0.15) is 6.33 Å². The molecule has 1 aromatic carbocycles. The van der Waals surface area contributed by atoms with Crippen molar-refractivity contribution in [1.82, 2.24) is 20.5 Å². The summed E-state index contributed by atoms with van der Waals surface area (Å²) in [5, 5.41) is 10.7. The summed E-state index contributed by atoms with van der Waals surface area (Å²) < 4.78 is 0. The standard InChI is InChI=1S/C15H20N4OS2/c1-10(2)22-13-6-4-12(5-7-13)11(3)18-14(20)8-21-15-16-9-17-19-15/h4-7,9-11H,8H2,1-3H3,(H,18,20)(H,16,17,19). The largest absolute Gasteiger partial charge is 0.349 e. The van der Waals surface area contributed by atoms with Crippen molar-refractivity contribution in [2.45, 2.75) is 42.1 Å². The average molecular weight is 336 g/mol. The van der Waals surface area contributed by atoms with Crippen molar-refractivity contribution in [3.63, 3.8) is 0 Å². The predicted molar refractivity (Wildman–Crippen MR) is 91.1 cm³/mol. The van der Waals surface area contributed by atoms with Crippen molar-refractivity contribution in [1.29, 1.82) is 0 Å². The SMILES string of the molecule is CC(C)Sc1ccc(C(C)NC(=O)CSc2ncn[nH]2)cc1. The van der Waals surface area contributed by atoms with Crippen LogP contribution in [0, 0.1) is 0 Å². The van der Waals surface area contributed by atoms with Crippen LogP contribution in [-0.4, -0.2) is 32.1 Å². The Labute approximate surface area is 139 Å². The zero-order valence-electron chi connectivity index (χ0n) is 12.9. The summed E-state index contributed by atoms with van der Waals surface area (Å²) in [5.74, 6) is 0.301. The number of nitrogens with zero attached hydrogens (tertiary/aromatic N) is 2. The Morgan fingerprint density at radius 1 is 1.27 bits per heavy atom. The normalized spacial score (nSPS) is 12.4. The monoisotopic (exact) mass is 336 g/mol. The highest BCUT2D eigenvalue weighted by Crippen LogP contribution is 2.24. The number of nitrogens with one attached hydrogen (secondary N) is 2. The first-order valence-electron chi connectivity index (χ1n) is 7.08. The Bertz CT molecular complexity index is 584. The van der Waals surface area contributed by atoms with Crippen LogP contribution in [0.2, 0.25) is 0 Å². The van der Waals surface area contributed by atoms with Gasteiger partial charge in [-0.15, -0.1) is 11.8 Å². The van der Waals surface area contributed by atoms with E-state index in [0.29, 0.717) is 16.2 Å². The zero-order chi connectivity index (χ0) is 15.9. The highest BCUT2D eigenvalue weighted by molar-refractivity contribution is 8.00. The molecule has 1 unspecified atom stereocenters. The molecule has 2 N–H and O–H groups in total. The summed E-state index contributed by atoms with van der Waals surface area (Å²) in [7, 11) is 0. The summed E-state index contributed by atoms with van der Waals surface area (Å²) in [5.41, 5.74) is 1.10. The summed E-state index contributed by atoms with van der Waals surface area (Å²) in [4.78, 5) is 17.2. The van der Waals surface area contributed by atoms with Crippen LogP contribution in [-0.2, 0) is 4.79 Å². The minimum Gasteiger partial charge on any atom is -0.349 e. The van der Waals surface area contributed by atoms with Crippen LogP contribution >= 0.6 is 23.5 Å². The van der Waals surface area contributed by atoms with E-state index in [4.69, 9.17) is 0 Å². The number of aromatic amines is 1. The number of H-pyrrole nitrogens is 1. The lowest BCUT2D eigenvalue weighted by atomic mass is 10.1. The third-order valence-electron chi connectivity index (χ3n) is 2.86. The van der Waals surface area contributed by atoms with E-state index >= 15 is 0 Å². The molecule has 0 aliphatic heterocycles. The molecule has 0 bridgehead atoms. The van der Waals surface area contributed by atoms with Crippen molar-refractivity contribution in [2.24, 2.45) is 0 Å². The lowest BCUT2D eigenvalue weighted by Gasteiger charge is -2.15. The molecule has 7 heteroatoms. The molecule has 5 nitrogen and oxygen atoms in total. The van der Waals surface area contributed by atoms with Crippen LogP contribution in [0.3, 0.4) is 0 Å². The number of aromatic nitrogens is 3. The van der Waals surface area contributed by atoms with E-state index < -0.39 is 0 Å². The summed E-state index contributed by atoms with van der Waals surface area (Å²) in [6, 6.07) is 8.33. The minimum absolute atomic E-state index is 0.0130. The molecule has 1 atom stereocenters. The number of carbonyl (C=O) groups excluding carboxylic acids is 1. The smallest absolute Gasteiger partial charge is 0.230 e. The zero-order valence-corrected chi connectivity index (χ0v) is 14.5. The number of hydrogen-bond acceptors (Lipinski definition) is 5. The molecule has 0 radical (unpaired) electrons. The second-order valence-corrected chi connectivity index (χ2v) is 7.72. The minimum atomic E-state index is -0.0190. The highest BCUT2D eigenvalue weighted by atomic mass is 32.2. The molecule has 1 aromatic heterocycles. The van der Waals surface area contributed by atoms with E-state index in [-0.39, 0.29) is 11.9 Å². The van der Waals surface area contributed by atoms with Crippen molar-refractivity contribution in [2.75, 3.05) is 5.75 Å². The molecule has 0 saturated heterocycles. The maximum Gasteiger partial charge on any atom is 0.230 e. The molecule has 0 fully saturated rings. The maximum absolute atomic E-state index is 11.9. The van der Waals surface area contributed by atoms with Gasteiger partial charge in [-0.25, -0.2) is 4.98 Å². The van der Waals surface area contributed by atoms with Gasteiger partial charge in [0, 0.05) is 10.1 Å². The van der Waals surface area contributed by atoms with Gasteiger partial charge in [0.15, 0.2) is 5.16 Å². The van der Waals surface area contributed by atoms with E-state index in [1.807, 2.05) is 18.7 Å². The van der Waals surface area contributed by atoms with Crippen molar-refractivity contribution >= 4 is 29.4 Å². The summed E-state index contributed by atoms with van der Waals surface area (Å²) >= 11 is 3.17. The van der Waals surface area contributed by atoms with E-state index in [1.165, 1.54) is 23.0 Å². The van der Waals surface area contributed by atoms with Crippen molar-refractivity contribution in [3.05, 3.63) is 36.2 Å². The van der Waals surface area contributed by atoms with E-state index in [9.17, 15) is 4.79 Å². The number of amides is 1. The van der Waals surface area contributed by atoms with Gasteiger partial charge in [-0.3, -0.25) is 9.89 Å². The van der Waals surface area contributed by atoms with Gasteiger partial charge in [0.25, 0.3) is 0 Å². The second kappa shape index (κ2) is 8.24. The number of rotatable bonds is 7. The van der Waals surface area contributed by atoms with E-state index in [0.717, 1.165) is 5.56 Å². The Hall–Kier alpha value is -1.47. The summed E-state index contributed by atoms with van der Waals surface area (Å²) in [6.45, 7) is 6.34. The molecule has 118 valence electrons. The fourth-order valence-electron chi connectivity index (χ4n) is 1.87. The molecule has 0 spiro atoms. The first kappa shape index (κ1) is 16.9. The lowest BCUT2D eigenvalue weighted by molar-refractivity contribution is -0.119. The van der Waals surface area contributed by atoms with E-state index in [1.54, 1.807) is 0 Å². The topological polar surface area (TPSA) is 70.7 Å². The van der Waals surface area contributed by atoms with Crippen LogP contribution in [0.4, 0.5) is 0 Å². The first-order valence-corrected chi connectivity index (χ1v) is 8.95. The first-order chi connectivity index (χ1) is 10.5. The van der Waals surface area contributed by atoms with E-state index in [2.05, 4.69) is 58.6 Å². The summed E-state index contributed by atoms with van der Waals surface area (Å²) in [6.07, 6.45) is 1.43. The molecule has 0 aliphatic carbocycles. The van der Waals surface area contributed by atoms with Gasteiger partial charge in [0.05, 0.1) is 11.8 Å². The van der Waals surface area contributed by atoms with Gasteiger partial charge in [-0.2, -0.15) is 5.10 Å². The average Bonchev–Trinajstić information content (AvgIpc) is 2.98. The van der Waals surface area contributed by atoms with Gasteiger partial charge in [0.2, 0.25) is 5.91 Å². The number of benzene rings is 1. The third kappa shape index (κ3) is 5.38. The number of carbonyl (C=O) groups is 1. The third-order valence-corrected chi connectivity index (χ3v) is 4.75. The Morgan fingerprint density at radius 2 is 2.00 bits per heavy atom. The molecule has 0 saturated carbocycles. The van der Waals surface area contributed by atoms with Crippen LogP contribution < -0.4 is 5.32 Å². The molecule has 22 heavy (non-hydrogen) atoms. The molecule has 2 aromatic rings. The lowest BCUT2D eigenvalue weighted by Crippen LogP contribution is -2.28. The molecule has 2 rings (SSSR count). The molecule has 0 aliphatic rings. The van der Waals surface area contributed by atoms with Gasteiger partial charge in [-0.1, -0.05) is 37.7 Å². The second-order valence-electron chi connectivity index (χ2n) is 5.10. The van der Waals surface area contributed by atoms with Gasteiger partial charge < -0.3 is 5.32 Å². The fourth-order valence-corrected chi connectivity index (χ4v) is 3.30. The maximum atomic E-state index is 11.9. The Balaban J connectivity index is 1.83. The molecular weight excluding hydrogens is 316 g/mol. The molecular formula is C15H20N4OS2. The Morgan fingerprint density at radius 3 is 2.59 bits per heavy atom.